The van der Waals surface area contributed by atoms with Crippen LogP contribution in [-0.4, -0.2) is 47.5 Å². The van der Waals surface area contributed by atoms with Crippen molar-refractivity contribution in [2.24, 2.45) is 0 Å². The Kier molecular flexibility index (Phi) is 6.62. The number of hydrogen-bond donors (Lipinski definition) is 2. The van der Waals surface area contributed by atoms with Gasteiger partial charge in [-0.25, -0.2) is 4.79 Å². The monoisotopic (exact) mass is 499 g/mol. The number of nitrogens with one attached hydrogen (secondary N) is 2. The zero-order valence-corrected chi connectivity index (χ0v) is 19.4. The van der Waals surface area contributed by atoms with Gasteiger partial charge in [0.2, 0.25) is 0 Å². The first-order valence-corrected chi connectivity index (χ1v) is 11.2. The van der Waals surface area contributed by atoms with Gasteiger partial charge in [-0.3, -0.25) is 0 Å². The van der Waals surface area contributed by atoms with Crippen molar-refractivity contribution in [3.05, 3.63) is 58.7 Å². The van der Waals surface area contributed by atoms with Gasteiger partial charge < -0.3 is 20.3 Å². The molecule has 160 valence electrons. The summed E-state index contributed by atoms with van der Waals surface area (Å²) in [7, 11) is 1.36. The van der Waals surface area contributed by atoms with E-state index in [0.717, 1.165) is 52.7 Å². The summed E-state index contributed by atoms with van der Waals surface area (Å²) >= 11 is 8.98. The first kappa shape index (κ1) is 21.5. The Hall–Kier alpha value is -2.78. The Morgan fingerprint density at radius 3 is 2.81 bits per heavy atom. The summed E-state index contributed by atoms with van der Waals surface area (Å²) in [6.07, 6.45) is 3.65. The summed E-state index contributed by atoms with van der Waals surface area (Å²) in [6, 6.07) is 13.5. The fraction of sp³-hybridized carbons (Fsp3) is 0.273. The molecule has 1 aliphatic rings. The zero-order valence-electron chi connectivity index (χ0n) is 17.0. The van der Waals surface area contributed by atoms with E-state index in [-0.39, 0.29) is 12.0 Å². The second kappa shape index (κ2) is 9.57. The van der Waals surface area contributed by atoms with Crippen LogP contribution in [0.3, 0.4) is 0 Å². The number of benzene rings is 2. The number of aromatic nitrogens is 2. The molecule has 0 bridgehead atoms. The summed E-state index contributed by atoms with van der Waals surface area (Å²) in [5, 5.41) is 17.8. The Morgan fingerprint density at radius 2 is 2.03 bits per heavy atom. The molecule has 0 unspecified atom stereocenters. The maximum absolute atomic E-state index is 11.7. The van der Waals surface area contributed by atoms with Crippen molar-refractivity contribution in [1.82, 2.24) is 15.5 Å². The van der Waals surface area contributed by atoms with Crippen LogP contribution in [0.25, 0.3) is 10.8 Å². The normalized spacial score (nSPS) is 14.3. The van der Waals surface area contributed by atoms with Crippen LogP contribution in [-0.2, 0) is 4.74 Å². The Labute approximate surface area is 194 Å². The van der Waals surface area contributed by atoms with E-state index >= 15 is 0 Å². The smallest absolute Gasteiger partial charge is 0.337 e. The first-order valence-electron chi connectivity index (χ1n) is 9.95. The van der Waals surface area contributed by atoms with Gasteiger partial charge in [-0.05, 0) is 61.5 Å². The van der Waals surface area contributed by atoms with Gasteiger partial charge in [0, 0.05) is 40.1 Å². The van der Waals surface area contributed by atoms with E-state index in [2.05, 4.69) is 53.8 Å². The zero-order chi connectivity index (χ0) is 21.8. The van der Waals surface area contributed by atoms with Crippen LogP contribution in [0.4, 0.5) is 11.5 Å². The first-order chi connectivity index (χ1) is 15.0. The summed E-state index contributed by atoms with van der Waals surface area (Å²) in [4.78, 5) is 14.0. The number of thiocarbonyl (C=S) groups is 1. The van der Waals surface area contributed by atoms with E-state index in [0.29, 0.717) is 10.7 Å². The number of piperidine rings is 1. The predicted molar refractivity (Wildman–Crippen MR) is 130 cm³/mol. The highest BCUT2D eigenvalue weighted by atomic mass is 79.9. The van der Waals surface area contributed by atoms with Crippen molar-refractivity contribution in [2.75, 3.05) is 30.4 Å². The molecule has 1 aliphatic heterocycles. The van der Waals surface area contributed by atoms with E-state index in [1.165, 1.54) is 7.11 Å². The van der Waals surface area contributed by atoms with Crippen LogP contribution >= 0.6 is 28.1 Å². The molecule has 0 radical (unpaired) electrons. The number of nitrogens with zero attached hydrogens (tertiary/aromatic N) is 3. The topological polar surface area (TPSA) is 79.4 Å². The number of anilines is 2. The predicted octanol–water partition coefficient (Wildman–Crippen LogP) is 4.13. The van der Waals surface area contributed by atoms with Gasteiger partial charge in [0.1, 0.15) is 0 Å². The molecule has 2 heterocycles. The minimum atomic E-state index is -0.376. The lowest BCUT2D eigenvalue weighted by Gasteiger charge is -2.34. The molecule has 2 N–H and O–H groups in total. The number of esters is 1. The summed E-state index contributed by atoms with van der Waals surface area (Å²) < 4.78 is 5.79. The van der Waals surface area contributed by atoms with Crippen LogP contribution in [0.1, 0.15) is 23.2 Å². The summed E-state index contributed by atoms with van der Waals surface area (Å²) in [5.41, 5.74) is 1.22. The second-order valence-electron chi connectivity index (χ2n) is 7.33. The average molecular weight is 500 g/mol. The van der Waals surface area contributed by atoms with Gasteiger partial charge in [-0.15, -0.1) is 5.10 Å². The van der Waals surface area contributed by atoms with Gasteiger partial charge in [-0.2, -0.15) is 5.10 Å². The molecular weight excluding hydrogens is 478 g/mol. The minimum Gasteiger partial charge on any atom is -0.465 e. The molecule has 0 aliphatic carbocycles. The van der Waals surface area contributed by atoms with Gasteiger partial charge in [0.05, 0.1) is 18.9 Å². The third-order valence-electron chi connectivity index (χ3n) is 5.28. The van der Waals surface area contributed by atoms with E-state index < -0.39 is 0 Å². The fourth-order valence-corrected chi connectivity index (χ4v) is 4.37. The molecule has 0 spiro atoms. The highest BCUT2D eigenvalue weighted by molar-refractivity contribution is 9.10. The number of halogens is 1. The number of fused-ring (bicyclic) bond motifs is 1. The molecule has 0 amide bonds. The van der Waals surface area contributed by atoms with E-state index in [4.69, 9.17) is 17.0 Å². The van der Waals surface area contributed by atoms with Crippen molar-refractivity contribution >= 4 is 61.5 Å². The standard InChI is InChI=1S/C22H22BrN5O2S/c1-30-21(29)14-3-2-4-18(12-14)26-22(31)25-17-7-9-28(10-8-17)20-19-6-5-16(23)11-15(19)13-24-27-20/h2-6,11-13,17H,7-10H2,1H3,(H2,25,26,31). The fourth-order valence-electron chi connectivity index (χ4n) is 3.71. The van der Waals surface area contributed by atoms with E-state index in [9.17, 15) is 4.79 Å². The molecule has 1 aromatic heterocycles. The molecule has 31 heavy (non-hydrogen) atoms. The number of rotatable bonds is 4. The maximum atomic E-state index is 11.7. The maximum Gasteiger partial charge on any atom is 0.337 e. The third-order valence-corrected chi connectivity index (χ3v) is 5.99. The molecule has 0 atom stereocenters. The third kappa shape index (κ3) is 5.11. The highest BCUT2D eigenvalue weighted by Crippen LogP contribution is 2.28. The van der Waals surface area contributed by atoms with Gasteiger partial charge in [0.15, 0.2) is 10.9 Å². The van der Waals surface area contributed by atoms with Crippen molar-refractivity contribution in [2.45, 2.75) is 18.9 Å². The molecule has 1 saturated heterocycles. The number of hydrogen-bond acceptors (Lipinski definition) is 6. The van der Waals surface area contributed by atoms with E-state index in [1.54, 1.807) is 24.4 Å². The minimum absolute atomic E-state index is 0.261. The molecule has 1 fully saturated rings. The summed E-state index contributed by atoms with van der Waals surface area (Å²) in [5.74, 6) is 0.544. The molecule has 2 aromatic carbocycles. The molecule has 0 saturated carbocycles. The lowest BCUT2D eigenvalue weighted by Crippen LogP contribution is -2.46. The van der Waals surface area contributed by atoms with Crippen molar-refractivity contribution in [3.8, 4) is 0 Å². The SMILES string of the molecule is COC(=O)c1cccc(NC(=S)NC2CCN(c3nncc4cc(Br)ccc34)CC2)c1. The van der Waals surface area contributed by atoms with E-state index in [1.807, 2.05) is 12.1 Å². The Morgan fingerprint density at radius 1 is 1.23 bits per heavy atom. The number of carbonyl (C=O) groups excluding carboxylic acids is 1. The highest BCUT2D eigenvalue weighted by Gasteiger charge is 2.22. The molecule has 3 aromatic rings. The molecule has 9 heteroatoms. The largest absolute Gasteiger partial charge is 0.465 e. The van der Waals surface area contributed by atoms with Gasteiger partial charge >= 0.3 is 5.97 Å². The molecule has 7 nitrogen and oxygen atoms in total. The van der Waals surface area contributed by atoms with Gasteiger partial charge in [0.25, 0.3) is 0 Å². The van der Waals surface area contributed by atoms with Crippen molar-refractivity contribution in [1.29, 1.82) is 0 Å². The average Bonchev–Trinajstić information content (AvgIpc) is 2.78. The van der Waals surface area contributed by atoms with Crippen molar-refractivity contribution in [3.63, 3.8) is 0 Å². The lowest BCUT2D eigenvalue weighted by molar-refractivity contribution is 0.0601. The Balaban J connectivity index is 1.35. The van der Waals surface area contributed by atoms with Crippen LogP contribution in [0.5, 0.6) is 0 Å². The quantitative estimate of drug-likeness (QED) is 0.409. The van der Waals surface area contributed by atoms with Crippen molar-refractivity contribution < 1.29 is 9.53 Å². The van der Waals surface area contributed by atoms with Crippen LogP contribution in [0.15, 0.2) is 53.1 Å². The summed E-state index contributed by atoms with van der Waals surface area (Å²) in [6.45, 7) is 1.73. The number of methoxy groups -OCH3 is 1. The lowest BCUT2D eigenvalue weighted by atomic mass is 10.0. The molecule has 4 rings (SSSR count). The van der Waals surface area contributed by atoms with Crippen LogP contribution < -0.4 is 15.5 Å². The number of ether oxygens (including phenoxy) is 1. The number of carbonyl (C=O) groups is 1. The second-order valence-corrected chi connectivity index (χ2v) is 8.66. The van der Waals surface area contributed by atoms with Crippen LogP contribution in [0.2, 0.25) is 0 Å². The Bertz CT molecular complexity index is 1120. The van der Waals surface area contributed by atoms with Crippen LogP contribution in [0, 0.1) is 0 Å². The van der Waals surface area contributed by atoms with Gasteiger partial charge in [-0.1, -0.05) is 22.0 Å². The molecular formula is C22H22BrN5O2S.